The highest BCUT2D eigenvalue weighted by Crippen LogP contribution is 2.52. The summed E-state index contributed by atoms with van der Waals surface area (Å²) in [7, 11) is 0. The fourth-order valence-electron chi connectivity index (χ4n) is 20.2. The standard InChI is InChI=1S/C102H56N10/c1-2-24-60-53-89-75(51-59(60)23-1)94-91(112(89)102-101(105-78-36-13-14-37-79(78)106-102)110-84-42-19-7-30-68(84)92-64-27-4-3-22-57(64)45-49-87(92)110)56-74-67-47-44-61(54-88(67)109-83-41-18-10-33-71(83)96(94)99(74)109)58-25-21-26-63(50-58)107-80-38-15-5-28-65(80)72-52-62(46-48-86(72)107)97-100(104-77-35-12-11-34-76(77)103-97)111-85-43-20-8-31-69(85)93-90(111)55-73-66-29-6-16-39-81(66)108-82-40-17-9-32-70(82)95(93)98(73)108/h1-56H. The fourth-order valence-corrected chi connectivity index (χ4v) is 20.2. The Morgan fingerprint density at radius 2 is 0.607 bits per heavy atom. The average molecular weight is 1420 g/mol. The molecule has 0 spiro atoms. The van der Waals surface area contributed by atoms with Crippen LogP contribution < -0.4 is 0 Å². The zero-order valence-electron chi connectivity index (χ0n) is 59.8. The number of rotatable bonds is 6. The minimum Gasteiger partial charge on any atom is -0.309 e. The maximum absolute atomic E-state index is 5.82. The first-order valence-electron chi connectivity index (χ1n) is 38.4. The molecule has 27 aromatic rings. The monoisotopic (exact) mass is 1420 g/mol. The van der Waals surface area contributed by atoms with Gasteiger partial charge in [0.05, 0.1) is 99.3 Å². The lowest BCUT2D eigenvalue weighted by Crippen LogP contribution is -2.09. The lowest BCUT2D eigenvalue weighted by atomic mass is 9.99. The third-order valence-corrected chi connectivity index (χ3v) is 24.7. The number of hydrogen-bond acceptors (Lipinski definition) is 4. The Balaban J connectivity index is 0.652. The van der Waals surface area contributed by atoms with Crippen LogP contribution in [-0.4, -0.2) is 47.0 Å². The van der Waals surface area contributed by atoms with Gasteiger partial charge in [0, 0.05) is 97.4 Å². The Bertz CT molecular complexity index is 8920. The van der Waals surface area contributed by atoms with Gasteiger partial charge >= 0.3 is 0 Å². The zero-order chi connectivity index (χ0) is 72.4. The van der Waals surface area contributed by atoms with Gasteiger partial charge in [-0.15, -0.1) is 0 Å². The molecule has 17 aromatic carbocycles. The van der Waals surface area contributed by atoms with Crippen LogP contribution in [0.2, 0.25) is 0 Å². The Morgan fingerprint density at radius 3 is 1.25 bits per heavy atom. The van der Waals surface area contributed by atoms with Crippen LogP contribution in [-0.2, 0) is 0 Å². The van der Waals surface area contributed by atoms with E-state index in [1.165, 1.54) is 108 Å². The van der Waals surface area contributed by atoms with Gasteiger partial charge in [-0.2, -0.15) is 0 Å². The minimum atomic E-state index is 0.758. The van der Waals surface area contributed by atoms with E-state index >= 15 is 0 Å². The van der Waals surface area contributed by atoms with Crippen molar-refractivity contribution in [3.63, 3.8) is 0 Å². The molecule has 10 heterocycles. The van der Waals surface area contributed by atoms with Gasteiger partial charge < -0.3 is 13.4 Å². The van der Waals surface area contributed by atoms with Crippen molar-refractivity contribution in [1.29, 1.82) is 0 Å². The maximum atomic E-state index is 5.82. The molecule has 0 aliphatic carbocycles. The molecule has 0 unspecified atom stereocenters. The van der Waals surface area contributed by atoms with Crippen molar-refractivity contribution in [1.82, 2.24) is 47.0 Å². The summed E-state index contributed by atoms with van der Waals surface area (Å²) in [4.78, 5) is 22.9. The summed E-state index contributed by atoms with van der Waals surface area (Å²) in [5.74, 6) is 2.30. The van der Waals surface area contributed by atoms with Gasteiger partial charge in [0.2, 0.25) is 0 Å². The topological polar surface area (TPSA) is 80.1 Å². The van der Waals surface area contributed by atoms with E-state index in [0.717, 1.165) is 144 Å². The third-order valence-electron chi connectivity index (χ3n) is 24.7. The van der Waals surface area contributed by atoms with Gasteiger partial charge in [0.15, 0.2) is 17.5 Å². The second-order valence-electron chi connectivity index (χ2n) is 30.4. The summed E-state index contributed by atoms with van der Waals surface area (Å²) < 4.78 is 14.7. The van der Waals surface area contributed by atoms with E-state index in [0.29, 0.717) is 0 Å². The fraction of sp³-hybridized carbons (Fsp3) is 0. The van der Waals surface area contributed by atoms with Crippen molar-refractivity contribution >= 4 is 207 Å². The molecule has 0 aliphatic rings. The third kappa shape index (κ3) is 7.56. The van der Waals surface area contributed by atoms with E-state index in [1.807, 2.05) is 0 Å². The molecule has 10 heteroatoms. The van der Waals surface area contributed by atoms with Gasteiger partial charge in [-0.3, -0.25) is 13.7 Å². The lowest BCUT2D eigenvalue weighted by molar-refractivity contribution is 0.997. The van der Waals surface area contributed by atoms with E-state index in [2.05, 4.69) is 367 Å². The molecule has 27 rings (SSSR count). The molecule has 0 amide bonds. The highest BCUT2D eigenvalue weighted by atomic mass is 15.2. The Kier molecular flexibility index (Phi) is 11.2. The van der Waals surface area contributed by atoms with Crippen molar-refractivity contribution in [2.24, 2.45) is 0 Å². The summed E-state index contributed by atoms with van der Waals surface area (Å²) in [6.07, 6.45) is 0. The molecule has 112 heavy (non-hydrogen) atoms. The SMILES string of the molecule is c1cc(-c2ccc3c4cc5c(c6cc7ccccc7cc6n5-c5nc6ccccc6nc5-n5c6ccccc6c6c7ccccc7ccc65)c5c6ccccc6n(c3c2)c45)cc(-n2c3ccccc3c3cc(-c4nc5ccccc5nc4-n4c5ccccc5c5c6c7ccccc7n7c8ccccc8c(cc54)c67)ccc32)c1. The van der Waals surface area contributed by atoms with Crippen LogP contribution >= 0.6 is 0 Å². The van der Waals surface area contributed by atoms with Crippen molar-refractivity contribution in [2.45, 2.75) is 0 Å². The molecular formula is C102H56N10. The smallest absolute Gasteiger partial charge is 0.182 e. The predicted octanol–water partition coefficient (Wildman–Crippen LogP) is 25.9. The van der Waals surface area contributed by atoms with E-state index < -0.39 is 0 Å². The molecule has 0 saturated carbocycles. The summed E-state index contributed by atoms with van der Waals surface area (Å²) in [6, 6.07) is 125. The van der Waals surface area contributed by atoms with Crippen molar-refractivity contribution < 1.29 is 0 Å². The Morgan fingerprint density at radius 1 is 0.179 bits per heavy atom. The van der Waals surface area contributed by atoms with E-state index in [9.17, 15) is 0 Å². The summed E-state index contributed by atoms with van der Waals surface area (Å²) in [6.45, 7) is 0. The van der Waals surface area contributed by atoms with Crippen LogP contribution in [0.3, 0.4) is 0 Å². The van der Waals surface area contributed by atoms with Gasteiger partial charge in [-0.25, -0.2) is 19.9 Å². The first-order valence-corrected chi connectivity index (χ1v) is 38.4. The van der Waals surface area contributed by atoms with Gasteiger partial charge in [-0.05, 0) is 154 Å². The summed E-state index contributed by atoms with van der Waals surface area (Å²) in [5.41, 5.74) is 24.3. The largest absolute Gasteiger partial charge is 0.309 e. The van der Waals surface area contributed by atoms with Crippen molar-refractivity contribution in [3.8, 4) is 45.5 Å². The normalized spacial score (nSPS) is 12.6. The van der Waals surface area contributed by atoms with Crippen LogP contribution in [0.5, 0.6) is 0 Å². The van der Waals surface area contributed by atoms with Crippen molar-refractivity contribution in [3.05, 3.63) is 340 Å². The van der Waals surface area contributed by atoms with E-state index in [-0.39, 0.29) is 0 Å². The minimum absolute atomic E-state index is 0.758. The van der Waals surface area contributed by atoms with E-state index in [1.54, 1.807) is 0 Å². The van der Waals surface area contributed by atoms with Gasteiger partial charge in [-0.1, -0.05) is 218 Å². The van der Waals surface area contributed by atoms with Gasteiger partial charge in [0.1, 0.15) is 5.69 Å². The molecule has 0 N–H and O–H groups in total. The molecule has 0 fully saturated rings. The number of para-hydroxylation sites is 10. The molecule has 0 aliphatic heterocycles. The van der Waals surface area contributed by atoms with Crippen LogP contribution in [0, 0.1) is 0 Å². The van der Waals surface area contributed by atoms with Gasteiger partial charge in [0.25, 0.3) is 0 Å². The number of benzene rings is 17. The highest BCUT2D eigenvalue weighted by molar-refractivity contribution is 6.38. The lowest BCUT2D eigenvalue weighted by Gasteiger charge is -2.16. The Labute approximate surface area is 635 Å². The summed E-state index contributed by atoms with van der Waals surface area (Å²) in [5, 5.41) is 23.8. The van der Waals surface area contributed by atoms with Crippen LogP contribution in [0.1, 0.15) is 0 Å². The number of nitrogens with zero attached hydrogens (tertiary/aromatic N) is 10. The highest BCUT2D eigenvalue weighted by Gasteiger charge is 2.31. The Hall–Kier alpha value is -15.3. The first kappa shape index (κ1) is 58.9. The first-order chi connectivity index (χ1) is 55.6. The number of hydrogen-bond donors (Lipinski definition) is 0. The van der Waals surface area contributed by atoms with Crippen LogP contribution in [0.15, 0.2) is 340 Å². The molecule has 10 aromatic heterocycles. The molecule has 10 nitrogen and oxygen atoms in total. The molecule has 0 saturated heterocycles. The van der Waals surface area contributed by atoms with Crippen molar-refractivity contribution in [2.75, 3.05) is 0 Å². The molecule has 0 bridgehead atoms. The second kappa shape index (κ2) is 21.3. The molecular weight excluding hydrogens is 1370 g/mol. The number of fused-ring (bicyclic) bond motifs is 31. The van der Waals surface area contributed by atoms with Crippen LogP contribution in [0.4, 0.5) is 0 Å². The number of aromatic nitrogens is 10. The van der Waals surface area contributed by atoms with E-state index in [4.69, 9.17) is 19.9 Å². The second-order valence-corrected chi connectivity index (χ2v) is 30.4. The molecule has 0 radical (unpaired) electrons. The van der Waals surface area contributed by atoms with Crippen LogP contribution in [0.25, 0.3) is 253 Å². The quantitative estimate of drug-likeness (QED) is 0.166. The predicted molar refractivity (Wildman–Crippen MR) is 465 cm³/mol. The zero-order valence-corrected chi connectivity index (χ0v) is 59.8. The molecule has 0 atom stereocenters. The maximum Gasteiger partial charge on any atom is 0.182 e. The summed E-state index contributed by atoms with van der Waals surface area (Å²) >= 11 is 0. The average Bonchev–Trinajstić information content (AvgIpc) is 1.52. The molecule has 514 valence electrons.